The van der Waals surface area contributed by atoms with Gasteiger partial charge >= 0.3 is 0 Å². The van der Waals surface area contributed by atoms with Crippen LogP contribution >= 0.6 is 0 Å². The number of hydrogen-bond acceptors (Lipinski definition) is 7. The fourth-order valence-corrected chi connectivity index (χ4v) is 4.78. The highest BCUT2D eigenvalue weighted by atomic mass is 32.2. The number of hydrazone groups is 1. The van der Waals surface area contributed by atoms with Crippen molar-refractivity contribution in [3.63, 3.8) is 0 Å². The molecule has 2 heterocycles. The largest absolute Gasteiger partial charge is 0.321 e. The number of amides is 2. The summed E-state index contributed by atoms with van der Waals surface area (Å²) in [6, 6.07) is 3.51. The first-order chi connectivity index (χ1) is 12.7. The first-order valence-corrected chi connectivity index (χ1v) is 10.1. The van der Waals surface area contributed by atoms with Crippen molar-refractivity contribution in [1.29, 1.82) is 0 Å². The Morgan fingerprint density at radius 2 is 2.11 bits per heavy atom. The number of carbonyl (C=O) groups is 2. The van der Waals surface area contributed by atoms with Crippen LogP contribution in [-0.2, 0) is 19.4 Å². The molecule has 1 unspecified atom stereocenters. The van der Waals surface area contributed by atoms with Gasteiger partial charge in [0.05, 0.1) is 22.5 Å². The Morgan fingerprint density at radius 3 is 2.70 bits per heavy atom. The molecule has 0 radical (unpaired) electrons. The van der Waals surface area contributed by atoms with Crippen molar-refractivity contribution in [2.45, 2.75) is 32.2 Å². The highest BCUT2D eigenvalue weighted by molar-refractivity contribution is 7.91. The van der Waals surface area contributed by atoms with E-state index >= 15 is 0 Å². The number of rotatable bonds is 4. The van der Waals surface area contributed by atoms with E-state index in [1.807, 2.05) is 0 Å². The van der Waals surface area contributed by atoms with Crippen molar-refractivity contribution in [3.8, 4) is 0 Å². The van der Waals surface area contributed by atoms with Gasteiger partial charge in [-0.2, -0.15) is 5.10 Å². The molecule has 0 spiro atoms. The van der Waals surface area contributed by atoms with Crippen LogP contribution in [0.3, 0.4) is 0 Å². The Kier molecular flexibility index (Phi) is 4.96. The number of carbonyl (C=O) groups excluding carboxylic acids is 2. The van der Waals surface area contributed by atoms with Crippen molar-refractivity contribution >= 4 is 38.7 Å². The van der Waals surface area contributed by atoms with Gasteiger partial charge < -0.3 is 5.32 Å². The number of nitrogens with zero attached hydrogens (tertiary/aromatic N) is 3. The van der Waals surface area contributed by atoms with E-state index in [0.29, 0.717) is 17.7 Å². The van der Waals surface area contributed by atoms with Gasteiger partial charge in [0.2, 0.25) is 5.91 Å². The molecule has 0 bridgehead atoms. The normalized spacial score (nSPS) is 21.7. The van der Waals surface area contributed by atoms with Gasteiger partial charge in [0.25, 0.3) is 11.6 Å². The molecular formula is C16H18N4O6S. The molecule has 1 N–H and O–H groups in total. The smallest absolute Gasteiger partial charge is 0.271 e. The van der Waals surface area contributed by atoms with E-state index < -0.39 is 26.7 Å². The Hall–Kier alpha value is -2.82. The summed E-state index contributed by atoms with van der Waals surface area (Å²) in [6.45, 7) is 1.63. The lowest BCUT2D eigenvalue weighted by Gasteiger charge is -2.27. The Balaban J connectivity index is 1.77. The first-order valence-electron chi connectivity index (χ1n) is 8.32. The highest BCUT2D eigenvalue weighted by Crippen LogP contribution is 2.24. The summed E-state index contributed by atoms with van der Waals surface area (Å²) in [5.74, 6) is -0.982. The molecule has 1 aromatic rings. The summed E-state index contributed by atoms with van der Waals surface area (Å²) in [4.78, 5) is 34.9. The quantitative estimate of drug-likeness (QED) is 0.597. The molecule has 10 nitrogen and oxygen atoms in total. The predicted molar refractivity (Wildman–Crippen MR) is 97.0 cm³/mol. The number of hydrogen-bond donors (Lipinski definition) is 1. The summed E-state index contributed by atoms with van der Waals surface area (Å²) in [5.41, 5.74) is 0.959. The average molecular weight is 394 g/mol. The highest BCUT2D eigenvalue weighted by Gasteiger charge is 2.37. The molecule has 11 heteroatoms. The van der Waals surface area contributed by atoms with Crippen molar-refractivity contribution in [1.82, 2.24) is 5.01 Å². The molecule has 3 rings (SSSR count). The van der Waals surface area contributed by atoms with E-state index in [1.165, 1.54) is 18.2 Å². The van der Waals surface area contributed by atoms with Crippen LogP contribution in [0.2, 0.25) is 0 Å². The van der Waals surface area contributed by atoms with Crippen LogP contribution < -0.4 is 5.32 Å². The minimum Gasteiger partial charge on any atom is -0.321 e. The van der Waals surface area contributed by atoms with Crippen LogP contribution in [0.25, 0.3) is 0 Å². The van der Waals surface area contributed by atoms with Crippen LogP contribution in [0.5, 0.6) is 0 Å². The molecule has 2 aliphatic heterocycles. The number of nitro benzene ring substituents is 1. The van der Waals surface area contributed by atoms with Gasteiger partial charge in [-0.05, 0) is 25.0 Å². The van der Waals surface area contributed by atoms with Crippen molar-refractivity contribution in [2.24, 2.45) is 5.10 Å². The minimum absolute atomic E-state index is 0.000482. The molecule has 1 atom stereocenters. The number of benzene rings is 1. The van der Waals surface area contributed by atoms with Crippen molar-refractivity contribution in [2.75, 3.05) is 16.8 Å². The zero-order valence-corrected chi connectivity index (χ0v) is 15.4. The van der Waals surface area contributed by atoms with Crippen molar-refractivity contribution < 1.29 is 22.9 Å². The second-order valence-electron chi connectivity index (χ2n) is 6.55. The van der Waals surface area contributed by atoms with Crippen LogP contribution in [0, 0.1) is 17.0 Å². The van der Waals surface area contributed by atoms with E-state index in [9.17, 15) is 28.1 Å². The van der Waals surface area contributed by atoms with E-state index in [4.69, 9.17) is 0 Å². The maximum atomic E-state index is 12.5. The third-order valence-electron chi connectivity index (χ3n) is 4.55. The third kappa shape index (κ3) is 4.13. The zero-order chi connectivity index (χ0) is 19.8. The third-order valence-corrected chi connectivity index (χ3v) is 6.30. The fraction of sp³-hybridized carbons (Fsp3) is 0.438. The number of nitrogens with one attached hydrogen (secondary N) is 1. The Morgan fingerprint density at radius 1 is 1.37 bits per heavy atom. The molecule has 2 aliphatic rings. The van der Waals surface area contributed by atoms with Gasteiger partial charge in [-0.15, -0.1) is 0 Å². The minimum atomic E-state index is -3.19. The van der Waals surface area contributed by atoms with Gasteiger partial charge in [-0.25, -0.2) is 13.4 Å². The van der Waals surface area contributed by atoms with Gasteiger partial charge in [-0.3, -0.25) is 19.7 Å². The second kappa shape index (κ2) is 7.06. The Bertz CT molecular complexity index is 956. The number of aryl methyl sites for hydroxylation is 1. The molecule has 2 amide bonds. The molecule has 0 aliphatic carbocycles. The van der Waals surface area contributed by atoms with Crippen LogP contribution in [0.4, 0.5) is 11.4 Å². The lowest BCUT2D eigenvalue weighted by Crippen LogP contribution is -2.42. The number of non-ortho nitro benzene ring substituents is 1. The van der Waals surface area contributed by atoms with E-state index in [2.05, 4.69) is 10.4 Å². The Labute approximate surface area is 155 Å². The predicted octanol–water partition coefficient (Wildman–Crippen LogP) is 1.01. The summed E-state index contributed by atoms with van der Waals surface area (Å²) in [5, 5.41) is 18.6. The molecule has 1 fully saturated rings. The molecule has 27 heavy (non-hydrogen) atoms. The summed E-state index contributed by atoms with van der Waals surface area (Å²) < 4.78 is 23.3. The van der Waals surface area contributed by atoms with Crippen LogP contribution in [0.15, 0.2) is 23.3 Å². The average Bonchev–Trinajstić information content (AvgIpc) is 2.96. The fourth-order valence-electron chi connectivity index (χ4n) is 3.08. The summed E-state index contributed by atoms with van der Waals surface area (Å²) in [6.07, 6.45) is 0.517. The van der Waals surface area contributed by atoms with E-state index in [0.717, 1.165) is 5.01 Å². The topological polar surface area (TPSA) is 139 Å². The molecule has 0 saturated carbocycles. The van der Waals surface area contributed by atoms with Gasteiger partial charge in [0.15, 0.2) is 9.84 Å². The number of anilines is 1. The van der Waals surface area contributed by atoms with Gasteiger partial charge in [-0.1, -0.05) is 0 Å². The zero-order valence-electron chi connectivity index (χ0n) is 14.5. The van der Waals surface area contributed by atoms with Crippen LogP contribution in [-0.4, -0.2) is 53.4 Å². The van der Waals surface area contributed by atoms with Gasteiger partial charge in [0, 0.05) is 30.7 Å². The standard InChI is InChI=1S/C16H18N4O6S/c1-10-8-11(20(23)24)2-3-13(10)17-16(22)14-4-5-15(21)19(18-14)12-6-7-27(25,26)9-12/h2-3,8,12H,4-7,9H2,1H3,(H,17,22). The molecular weight excluding hydrogens is 376 g/mol. The summed E-state index contributed by atoms with van der Waals surface area (Å²) in [7, 11) is -3.19. The number of nitro groups is 1. The van der Waals surface area contributed by atoms with Crippen LogP contribution in [0.1, 0.15) is 24.8 Å². The van der Waals surface area contributed by atoms with E-state index in [-0.39, 0.29) is 41.7 Å². The first kappa shape index (κ1) is 19.0. The lowest BCUT2D eigenvalue weighted by atomic mass is 10.1. The van der Waals surface area contributed by atoms with E-state index in [1.54, 1.807) is 6.92 Å². The molecule has 1 aromatic carbocycles. The molecule has 0 aromatic heterocycles. The second-order valence-corrected chi connectivity index (χ2v) is 8.78. The summed E-state index contributed by atoms with van der Waals surface area (Å²) >= 11 is 0. The lowest BCUT2D eigenvalue weighted by molar-refractivity contribution is -0.384. The van der Waals surface area contributed by atoms with Crippen molar-refractivity contribution in [3.05, 3.63) is 33.9 Å². The maximum absolute atomic E-state index is 12.5. The molecule has 1 saturated heterocycles. The van der Waals surface area contributed by atoms with Gasteiger partial charge in [0.1, 0.15) is 5.71 Å². The SMILES string of the molecule is Cc1cc([N+](=O)[O-])ccc1NC(=O)C1=NN(C2CCS(=O)(=O)C2)C(=O)CC1. The number of sulfone groups is 1. The maximum Gasteiger partial charge on any atom is 0.271 e. The molecule has 144 valence electrons. The monoisotopic (exact) mass is 394 g/mol.